The molecule has 2 aromatic carbocycles. The van der Waals surface area contributed by atoms with Crippen LogP contribution in [-0.2, 0) is 0 Å². The molecule has 0 spiro atoms. The molecule has 2 nitrogen and oxygen atoms in total. The number of halogens is 5. The highest BCUT2D eigenvalue weighted by Gasteiger charge is 2.26. The van der Waals surface area contributed by atoms with Gasteiger partial charge in [-0.3, -0.25) is 0 Å². The second-order valence-electron chi connectivity index (χ2n) is 6.75. The van der Waals surface area contributed by atoms with Gasteiger partial charge in [0.2, 0.25) is 5.82 Å². The van der Waals surface area contributed by atoms with Crippen LogP contribution < -0.4 is 0 Å². The van der Waals surface area contributed by atoms with Crippen molar-refractivity contribution in [2.75, 3.05) is 0 Å². The lowest BCUT2D eigenvalue weighted by molar-refractivity contribution is 0.381. The van der Waals surface area contributed by atoms with Crippen LogP contribution in [0.2, 0.25) is 0 Å². The maximum atomic E-state index is 13.8. The third-order valence-electron chi connectivity index (χ3n) is 5.02. The molecule has 0 aromatic heterocycles. The van der Waals surface area contributed by atoms with Crippen LogP contribution in [0.5, 0.6) is 5.75 Å². The smallest absolute Gasteiger partial charge is 0.200 e. The van der Waals surface area contributed by atoms with Crippen molar-refractivity contribution < 1.29 is 27.1 Å². The van der Waals surface area contributed by atoms with Gasteiger partial charge >= 0.3 is 0 Å². The van der Waals surface area contributed by atoms with Crippen molar-refractivity contribution in [2.24, 2.45) is 4.99 Å². The summed E-state index contributed by atoms with van der Waals surface area (Å²) in [6.45, 7) is 1.66. The van der Waals surface area contributed by atoms with Crippen LogP contribution in [0.1, 0.15) is 54.7 Å². The zero-order valence-corrected chi connectivity index (χ0v) is 14.6. The van der Waals surface area contributed by atoms with Crippen LogP contribution in [0.4, 0.5) is 27.6 Å². The van der Waals surface area contributed by atoms with Gasteiger partial charge in [0, 0.05) is 11.8 Å². The first-order chi connectivity index (χ1) is 12.8. The van der Waals surface area contributed by atoms with Crippen molar-refractivity contribution in [3.63, 3.8) is 0 Å². The Morgan fingerprint density at radius 3 is 2.04 bits per heavy atom. The Balaban J connectivity index is 2.03. The van der Waals surface area contributed by atoms with Gasteiger partial charge in [-0.15, -0.1) is 0 Å². The molecule has 0 saturated heterocycles. The highest BCUT2D eigenvalue weighted by Crippen LogP contribution is 2.39. The van der Waals surface area contributed by atoms with Crippen LogP contribution in [0.25, 0.3) is 0 Å². The average Bonchev–Trinajstić information content (AvgIpc) is 2.67. The van der Waals surface area contributed by atoms with Crippen LogP contribution >= 0.6 is 0 Å². The van der Waals surface area contributed by atoms with Crippen LogP contribution in [0.3, 0.4) is 0 Å². The van der Waals surface area contributed by atoms with Gasteiger partial charge in [-0.2, -0.15) is 0 Å². The Morgan fingerprint density at radius 2 is 1.44 bits per heavy atom. The van der Waals surface area contributed by atoms with E-state index in [1.807, 2.05) is 0 Å². The van der Waals surface area contributed by atoms with E-state index in [1.54, 1.807) is 19.1 Å². The highest BCUT2D eigenvalue weighted by atomic mass is 19.2. The van der Waals surface area contributed by atoms with Gasteiger partial charge in [-0.1, -0.05) is 31.4 Å². The van der Waals surface area contributed by atoms with Gasteiger partial charge in [0.05, 0.1) is 0 Å². The maximum absolute atomic E-state index is 13.8. The normalized spacial score (nSPS) is 15.6. The first kappa shape index (κ1) is 19.3. The molecule has 0 atom stereocenters. The molecule has 144 valence electrons. The van der Waals surface area contributed by atoms with E-state index in [0.717, 1.165) is 38.3 Å². The van der Waals surface area contributed by atoms with Crippen molar-refractivity contribution >= 4 is 11.9 Å². The largest absolute Gasteiger partial charge is 0.507 e. The first-order valence-corrected chi connectivity index (χ1v) is 8.70. The number of phenols is 1. The quantitative estimate of drug-likeness (QED) is 0.291. The number of benzene rings is 2. The Hall–Kier alpha value is -2.44. The Bertz CT molecular complexity index is 875. The van der Waals surface area contributed by atoms with Crippen molar-refractivity contribution in [2.45, 2.75) is 44.9 Å². The number of aliphatic imine (C=N–C) groups is 1. The van der Waals surface area contributed by atoms with Crippen molar-refractivity contribution in [1.29, 1.82) is 0 Å². The third kappa shape index (κ3) is 3.55. The van der Waals surface area contributed by atoms with Gasteiger partial charge in [-0.25, -0.2) is 26.9 Å². The van der Waals surface area contributed by atoms with Crippen LogP contribution in [-0.4, -0.2) is 11.3 Å². The second kappa shape index (κ2) is 7.66. The summed E-state index contributed by atoms with van der Waals surface area (Å²) in [6, 6.07) is 3.54. The molecule has 0 unspecified atom stereocenters. The topological polar surface area (TPSA) is 32.6 Å². The number of nitrogens with zero attached hydrogens (tertiary/aromatic N) is 1. The lowest BCUT2D eigenvalue weighted by Gasteiger charge is -2.23. The molecule has 0 radical (unpaired) electrons. The third-order valence-corrected chi connectivity index (χ3v) is 5.02. The number of hydrogen-bond acceptors (Lipinski definition) is 2. The molecule has 3 rings (SSSR count). The number of hydrogen-bond donors (Lipinski definition) is 1. The predicted molar refractivity (Wildman–Crippen MR) is 92.2 cm³/mol. The summed E-state index contributed by atoms with van der Waals surface area (Å²) in [6.07, 6.45) is 6.01. The Morgan fingerprint density at radius 1 is 0.889 bits per heavy atom. The zero-order chi connectivity index (χ0) is 19.7. The summed E-state index contributed by atoms with van der Waals surface area (Å²) >= 11 is 0. The van der Waals surface area contributed by atoms with Gasteiger partial charge in [-0.05, 0) is 36.8 Å². The summed E-state index contributed by atoms with van der Waals surface area (Å²) in [7, 11) is 0. The van der Waals surface area contributed by atoms with Gasteiger partial charge in [0.15, 0.2) is 23.3 Å². The minimum Gasteiger partial charge on any atom is -0.507 e. The van der Waals surface area contributed by atoms with E-state index in [-0.39, 0.29) is 17.2 Å². The highest BCUT2D eigenvalue weighted by molar-refractivity contribution is 5.88. The molecule has 1 N–H and O–H groups in total. The zero-order valence-electron chi connectivity index (χ0n) is 14.6. The van der Waals surface area contributed by atoms with Crippen molar-refractivity contribution in [3.05, 3.63) is 57.9 Å². The minimum absolute atomic E-state index is 0.0745. The molecule has 0 heterocycles. The fraction of sp³-hybridized carbons (Fsp3) is 0.350. The number of rotatable bonds is 3. The molecular weight excluding hydrogens is 365 g/mol. The Labute approximate surface area is 153 Å². The van der Waals surface area contributed by atoms with Gasteiger partial charge < -0.3 is 5.11 Å². The molecule has 27 heavy (non-hydrogen) atoms. The fourth-order valence-electron chi connectivity index (χ4n) is 3.47. The average molecular weight is 383 g/mol. The van der Waals surface area contributed by atoms with Crippen molar-refractivity contribution in [3.8, 4) is 5.75 Å². The van der Waals surface area contributed by atoms with Crippen LogP contribution in [0.15, 0.2) is 17.1 Å². The molecule has 1 aliphatic rings. The molecule has 0 amide bonds. The van der Waals surface area contributed by atoms with E-state index in [1.165, 1.54) is 0 Å². The van der Waals surface area contributed by atoms with Crippen molar-refractivity contribution in [1.82, 2.24) is 0 Å². The van der Waals surface area contributed by atoms with E-state index < -0.39 is 34.8 Å². The molecule has 1 aliphatic carbocycles. The fourth-order valence-corrected chi connectivity index (χ4v) is 3.47. The number of aromatic hydroxyl groups is 1. The van der Waals surface area contributed by atoms with E-state index >= 15 is 0 Å². The first-order valence-electron chi connectivity index (χ1n) is 8.70. The summed E-state index contributed by atoms with van der Waals surface area (Å²) in [5, 5.41) is 10.6. The summed E-state index contributed by atoms with van der Waals surface area (Å²) in [4.78, 5) is 3.46. The van der Waals surface area contributed by atoms with E-state index in [2.05, 4.69) is 4.99 Å². The minimum atomic E-state index is -2.23. The summed E-state index contributed by atoms with van der Waals surface area (Å²) in [5.41, 5.74) is 0.189. The molecule has 0 aliphatic heterocycles. The van der Waals surface area contributed by atoms with Crippen LogP contribution in [0, 0.1) is 36.0 Å². The SMILES string of the molecule is Cc1ccc(C2CCCCC2)c(O)c1C=Nc1c(F)c(F)c(F)c(F)c1F. The molecular formula is C20H18F5NO. The van der Waals surface area contributed by atoms with E-state index in [9.17, 15) is 27.1 Å². The van der Waals surface area contributed by atoms with E-state index in [0.29, 0.717) is 11.1 Å². The second-order valence-corrected chi connectivity index (χ2v) is 6.75. The lowest BCUT2D eigenvalue weighted by atomic mass is 9.82. The standard InChI is InChI=1S/C20H18F5NO/c1-10-7-8-12(11-5-3-2-4-6-11)20(27)13(10)9-26-19-17(24)15(22)14(21)16(23)18(19)25/h7-9,11,27H,2-6H2,1H3. The Kier molecular flexibility index (Phi) is 5.48. The molecule has 0 bridgehead atoms. The van der Waals surface area contributed by atoms with Gasteiger partial charge in [0.1, 0.15) is 11.4 Å². The summed E-state index contributed by atoms with van der Waals surface area (Å²) in [5.74, 6) is -10.3. The maximum Gasteiger partial charge on any atom is 0.200 e. The predicted octanol–water partition coefficient (Wildman–Crippen LogP) is 6.19. The monoisotopic (exact) mass is 383 g/mol. The number of phenolic OH excluding ortho intramolecular Hbond substituents is 1. The molecule has 2 aromatic rings. The van der Waals surface area contributed by atoms with E-state index in [4.69, 9.17) is 0 Å². The van der Waals surface area contributed by atoms with Gasteiger partial charge in [0.25, 0.3) is 0 Å². The molecule has 7 heteroatoms. The summed E-state index contributed by atoms with van der Waals surface area (Å²) < 4.78 is 67.3. The number of aryl methyl sites for hydroxylation is 1. The lowest BCUT2D eigenvalue weighted by Crippen LogP contribution is -2.06. The molecule has 1 saturated carbocycles. The molecule has 1 fully saturated rings.